The summed E-state index contributed by atoms with van der Waals surface area (Å²) in [5, 5.41) is 2.70. The first-order valence-electron chi connectivity index (χ1n) is 8.60. The second kappa shape index (κ2) is 7.74. The van der Waals surface area contributed by atoms with Gasteiger partial charge in [-0.15, -0.1) is 0 Å². The molecule has 0 aliphatic carbocycles. The SMILES string of the molecule is O=C1CN(C(=O)CN2CCCC2CC(=O)c2ccc(F)cc2)CCN1. The molecule has 1 aromatic rings. The summed E-state index contributed by atoms with van der Waals surface area (Å²) < 4.78 is 13.0. The molecular formula is C18H22FN3O3. The average molecular weight is 347 g/mol. The number of hydrogen-bond acceptors (Lipinski definition) is 4. The Morgan fingerprint density at radius 1 is 1.20 bits per heavy atom. The Bertz CT molecular complexity index is 662. The van der Waals surface area contributed by atoms with E-state index in [-0.39, 0.29) is 42.5 Å². The molecule has 0 aromatic heterocycles. The van der Waals surface area contributed by atoms with Crippen LogP contribution in [0.15, 0.2) is 24.3 Å². The average Bonchev–Trinajstić information content (AvgIpc) is 3.02. The number of benzene rings is 1. The summed E-state index contributed by atoms with van der Waals surface area (Å²) in [5.74, 6) is -0.614. The van der Waals surface area contributed by atoms with Gasteiger partial charge in [-0.1, -0.05) is 0 Å². The number of carbonyl (C=O) groups is 3. The fourth-order valence-electron chi connectivity index (χ4n) is 3.43. The van der Waals surface area contributed by atoms with E-state index in [1.54, 1.807) is 4.90 Å². The van der Waals surface area contributed by atoms with Gasteiger partial charge in [-0.2, -0.15) is 0 Å². The molecule has 6 nitrogen and oxygen atoms in total. The highest BCUT2D eigenvalue weighted by molar-refractivity contribution is 5.96. The third-order valence-electron chi connectivity index (χ3n) is 4.82. The Morgan fingerprint density at radius 2 is 1.96 bits per heavy atom. The van der Waals surface area contributed by atoms with E-state index in [9.17, 15) is 18.8 Å². The Labute approximate surface area is 146 Å². The van der Waals surface area contributed by atoms with Crippen LogP contribution in [0.25, 0.3) is 0 Å². The van der Waals surface area contributed by atoms with Gasteiger partial charge in [-0.25, -0.2) is 4.39 Å². The van der Waals surface area contributed by atoms with Gasteiger partial charge in [0, 0.05) is 31.1 Å². The van der Waals surface area contributed by atoms with Gasteiger partial charge in [0.2, 0.25) is 11.8 Å². The number of hydrogen-bond donors (Lipinski definition) is 1. The Hall–Kier alpha value is -2.28. The predicted octanol–water partition coefficient (Wildman–Crippen LogP) is 0.821. The minimum atomic E-state index is -0.366. The molecule has 0 saturated carbocycles. The van der Waals surface area contributed by atoms with Gasteiger partial charge in [0.25, 0.3) is 0 Å². The van der Waals surface area contributed by atoms with Crippen LogP contribution >= 0.6 is 0 Å². The van der Waals surface area contributed by atoms with E-state index in [2.05, 4.69) is 5.32 Å². The molecule has 2 aliphatic rings. The topological polar surface area (TPSA) is 69.7 Å². The molecule has 134 valence electrons. The monoisotopic (exact) mass is 347 g/mol. The van der Waals surface area contributed by atoms with Crippen LogP contribution in [-0.4, -0.2) is 66.2 Å². The maximum Gasteiger partial charge on any atom is 0.239 e. The second-order valence-corrected chi connectivity index (χ2v) is 6.57. The second-order valence-electron chi connectivity index (χ2n) is 6.57. The number of piperazine rings is 1. The molecule has 2 fully saturated rings. The first kappa shape index (κ1) is 17.5. The highest BCUT2D eigenvalue weighted by Gasteiger charge is 2.30. The molecule has 2 saturated heterocycles. The van der Waals surface area contributed by atoms with Crippen LogP contribution in [0, 0.1) is 5.82 Å². The number of amides is 2. The van der Waals surface area contributed by atoms with E-state index < -0.39 is 0 Å². The highest BCUT2D eigenvalue weighted by atomic mass is 19.1. The van der Waals surface area contributed by atoms with Gasteiger partial charge in [0.05, 0.1) is 13.1 Å². The van der Waals surface area contributed by atoms with E-state index in [0.29, 0.717) is 25.1 Å². The number of nitrogens with zero attached hydrogens (tertiary/aromatic N) is 2. The lowest BCUT2D eigenvalue weighted by atomic mass is 10.0. The van der Waals surface area contributed by atoms with Crippen LogP contribution in [-0.2, 0) is 9.59 Å². The van der Waals surface area contributed by atoms with Gasteiger partial charge < -0.3 is 10.2 Å². The summed E-state index contributed by atoms with van der Waals surface area (Å²) in [6, 6.07) is 5.57. The summed E-state index contributed by atoms with van der Waals surface area (Å²) in [4.78, 5) is 39.8. The van der Waals surface area contributed by atoms with Crippen LogP contribution in [0.5, 0.6) is 0 Å². The molecule has 3 rings (SSSR count). The van der Waals surface area contributed by atoms with Crippen molar-refractivity contribution in [2.75, 3.05) is 32.7 Å². The molecule has 25 heavy (non-hydrogen) atoms. The Morgan fingerprint density at radius 3 is 2.68 bits per heavy atom. The maximum atomic E-state index is 13.0. The Kier molecular flexibility index (Phi) is 5.43. The summed E-state index contributed by atoms with van der Waals surface area (Å²) >= 11 is 0. The zero-order chi connectivity index (χ0) is 17.8. The molecular weight excluding hydrogens is 325 g/mol. The van der Waals surface area contributed by atoms with Gasteiger partial charge in [0.15, 0.2) is 5.78 Å². The number of likely N-dealkylation sites (tertiary alicyclic amines) is 1. The first-order valence-corrected chi connectivity index (χ1v) is 8.60. The molecule has 1 N–H and O–H groups in total. The van der Waals surface area contributed by atoms with Gasteiger partial charge >= 0.3 is 0 Å². The zero-order valence-electron chi connectivity index (χ0n) is 14.0. The van der Waals surface area contributed by atoms with E-state index in [1.165, 1.54) is 24.3 Å². The van der Waals surface area contributed by atoms with E-state index in [1.807, 2.05) is 4.90 Å². The van der Waals surface area contributed by atoms with Gasteiger partial charge in [0.1, 0.15) is 5.82 Å². The van der Waals surface area contributed by atoms with Crippen LogP contribution in [0.1, 0.15) is 29.6 Å². The number of rotatable bonds is 5. The van der Waals surface area contributed by atoms with E-state index in [0.717, 1.165) is 19.4 Å². The standard InChI is InChI=1S/C18H22FN3O3/c19-14-5-3-13(4-6-14)16(23)10-15-2-1-8-21(15)12-18(25)22-9-7-20-17(24)11-22/h3-6,15H,1-2,7-12H2,(H,20,24). The molecule has 2 heterocycles. The molecule has 2 amide bonds. The summed E-state index contributed by atoms with van der Waals surface area (Å²) in [6.07, 6.45) is 2.12. The van der Waals surface area contributed by atoms with Crippen molar-refractivity contribution in [2.45, 2.75) is 25.3 Å². The molecule has 0 radical (unpaired) electrons. The Balaban J connectivity index is 1.56. The normalized spacial score (nSPS) is 21.2. The molecule has 7 heteroatoms. The smallest absolute Gasteiger partial charge is 0.239 e. The van der Waals surface area contributed by atoms with Crippen LogP contribution in [0.2, 0.25) is 0 Å². The molecule has 1 unspecified atom stereocenters. The van der Waals surface area contributed by atoms with E-state index in [4.69, 9.17) is 0 Å². The van der Waals surface area contributed by atoms with Gasteiger partial charge in [-0.3, -0.25) is 19.3 Å². The minimum absolute atomic E-state index is 0.0140. The number of carbonyl (C=O) groups excluding carboxylic acids is 3. The lowest BCUT2D eigenvalue weighted by Gasteiger charge is -2.30. The lowest BCUT2D eigenvalue weighted by Crippen LogP contribution is -2.52. The van der Waals surface area contributed by atoms with Crippen molar-refractivity contribution in [1.29, 1.82) is 0 Å². The molecule has 0 spiro atoms. The summed E-state index contributed by atoms with van der Waals surface area (Å²) in [5.41, 5.74) is 0.493. The quantitative estimate of drug-likeness (QED) is 0.801. The van der Waals surface area contributed by atoms with Gasteiger partial charge in [-0.05, 0) is 43.7 Å². The van der Waals surface area contributed by atoms with Crippen molar-refractivity contribution in [2.24, 2.45) is 0 Å². The van der Waals surface area contributed by atoms with Crippen molar-refractivity contribution >= 4 is 17.6 Å². The summed E-state index contributed by atoms with van der Waals surface area (Å²) in [7, 11) is 0. The number of Topliss-reactive ketones (excluding diaryl/α,β-unsaturated/α-hetero) is 1. The van der Waals surface area contributed by atoms with E-state index >= 15 is 0 Å². The molecule has 1 atom stereocenters. The van der Waals surface area contributed by atoms with Crippen LogP contribution in [0.4, 0.5) is 4.39 Å². The number of ketones is 1. The van der Waals surface area contributed by atoms with Crippen molar-refractivity contribution < 1.29 is 18.8 Å². The summed E-state index contributed by atoms with van der Waals surface area (Å²) in [6.45, 7) is 2.11. The fraction of sp³-hybridized carbons (Fsp3) is 0.500. The van der Waals surface area contributed by atoms with Crippen molar-refractivity contribution in [3.8, 4) is 0 Å². The molecule has 0 bridgehead atoms. The maximum absolute atomic E-state index is 13.0. The van der Waals surface area contributed by atoms with Crippen LogP contribution in [0.3, 0.4) is 0 Å². The number of halogens is 1. The van der Waals surface area contributed by atoms with Crippen molar-refractivity contribution in [3.05, 3.63) is 35.6 Å². The minimum Gasteiger partial charge on any atom is -0.353 e. The highest BCUT2D eigenvalue weighted by Crippen LogP contribution is 2.22. The fourth-order valence-corrected chi connectivity index (χ4v) is 3.43. The zero-order valence-corrected chi connectivity index (χ0v) is 14.0. The lowest BCUT2D eigenvalue weighted by molar-refractivity contribution is -0.139. The third-order valence-corrected chi connectivity index (χ3v) is 4.82. The first-order chi connectivity index (χ1) is 12.0. The molecule has 1 aromatic carbocycles. The van der Waals surface area contributed by atoms with Crippen LogP contribution < -0.4 is 5.32 Å². The molecule has 2 aliphatic heterocycles. The number of nitrogens with one attached hydrogen (secondary N) is 1. The van der Waals surface area contributed by atoms with Crippen molar-refractivity contribution in [1.82, 2.24) is 15.1 Å². The van der Waals surface area contributed by atoms with Crippen molar-refractivity contribution in [3.63, 3.8) is 0 Å². The predicted molar refractivity (Wildman–Crippen MR) is 89.5 cm³/mol. The third kappa shape index (κ3) is 4.42. The largest absolute Gasteiger partial charge is 0.353 e.